The number of unbranched alkanes of at least 4 members (excludes halogenated alkanes) is 11. The van der Waals surface area contributed by atoms with Crippen LogP contribution in [0.15, 0.2) is 24.3 Å². The van der Waals surface area contributed by atoms with Gasteiger partial charge in [-0.25, -0.2) is 8.42 Å². The summed E-state index contributed by atoms with van der Waals surface area (Å²) in [6.07, 6.45) is 25.1. The second-order valence-electron chi connectivity index (χ2n) is 6.55. The maximum atomic E-state index is 10.4. The van der Waals surface area contributed by atoms with Crippen molar-refractivity contribution in [3.63, 3.8) is 0 Å². The molecule has 0 N–H and O–H groups in total. The second-order valence-corrected chi connectivity index (χ2v) is 8.08. The second kappa shape index (κ2) is 20.7. The van der Waals surface area contributed by atoms with Gasteiger partial charge in [0.1, 0.15) is 0 Å². The van der Waals surface area contributed by atoms with Crippen LogP contribution in [-0.2, 0) is 10.1 Å². The molecule has 0 aliphatic heterocycles. The van der Waals surface area contributed by atoms with Crippen molar-refractivity contribution in [3.05, 3.63) is 24.3 Å². The fourth-order valence-corrected chi connectivity index (χ4v) is 3.18. The first-order valence-electron chi connectivity index (χ1n) is 9.80. The normalized spacial score (nSPS) is 12.1. The van der Waals surface area contributed by atoms with Gasteiger partial charge in [-0.15, -0.1) is 0 Å². The molecule has 0 unspecified atom stereocenters. The SMILES string of the molecule is CCCCC/C=C\C/C=C\CCCCCCCCCCS(=O)(=O)[O-].[Na+]. The zero-order valence-corrected chi connectivity index (χ0v) is 19.4. The van der Waals surface area contributed by atoms with Gasteiger partial charge >= 0.3 is 29.6 Å². The van der Waals surface area contributed by atoms with Crippen molar-refractivity contribution in [3.8, 4) is 0 Å². The van der Waals surface area contributed by atoms with Crippen LogP contribution in [0.3, 0.4) is 0 Å². The minimum Gasteiger partial charge on any atom is -0.748 e. The molecule has 0 saturated carbocycles. The molecule has 0 heterocycles. The molecule has 25 heavy (non-hydrogen) atoms. The van der Waals surface area contributed by atoms with Crippen LogP contribution in [0.1, 0.15) is 96.8 Å². The summed E-state index contributed by atoms with van der Waals surface area (Å²) in [6.45, 7) is 2.23. The van der Waals surface area contributed by atoms with Crippen LogP contribution >= 0.6 is 0 Å². The van der Waals surface area contributed by atoms with Crippen LogP contribution in [0.25, 0.3) is 0 Å². The fraction of sp³-hybridized carbons (Fsp3) is 0.800. The van der Waals surface area contributed by atoms with E-state index >= 15 is 0 Å². The van der Waals surface area contributed by atoms with Gasteiger partial charge < -0.3 is 4.55 Å². The molecular formula is C20H37NaO3S. The van der Waals surface area contributed by atoms with E-state index in [2.05, 4.69) is 31.2 Å². The van der Waals surface area contributed by atoms with Crippen molar-refractivity contribution < 1.29 is 42.5 Å². The van der Waals surface area contributed by atoms with Gasteiger partial charge in [0.25, 0.3) is 0 Å². The third-order valence-electron chi connectivity index (χ3n) is 4.09. The average Bonchev–Trinajstić information content (AvgIpc) is 2.52. The van der Waals surface area contributed by atoms with Crippen molar-refractivity contribution in [2.45, 2.75) is 96.8 Å². The Morgan fingerprint density at radius 1 is 0.680 bits per heavy atom. The minimum atomic E-state index is -4.01. The number of hydrogen-bond acceptors (Lipinski definition) is 3. The summed E-state index contributed by atoms with van der Waals surface area (Å²) in [5.74, 6) is -0.201. The topological polar surface area (TPSA) is 57.2 Å². The molecule has 0 bridgehead atoms. The predicted octanol–water partition coefficient (Wildman–Crippen LogP) is 3.13. The molecule has 142 valence electrons. The Labute approximate surface area is 178 Å². The van der Waals surface area contributed by atoms with Crippen LogP contribution in [-0.4, -0.2) is 18.7 Å². The Balaban J connectivity index is 0. The molecular weight excluding hydrogens is 343 g/mol. The van der Waals surface area contributed by atoms with E-state index in [0.717, 1.165) is 25.7 Å². The van der Waals surface area contributed by atoms with Crippen molar-refractivity contribution >= 4 is 10.1 Å². The van der Waals surface area contributed by atoms with Gasteiger partial charge in [-0.1, -0.05) is 82.6 Å². The van der Waals surface area contributed by atoms with Gasteiger partial charge in [0.15, 0.2) is 0 Å². The Morgan fingerprint density at radius 3 is 1.60 bits per heavy atom. The number of allylic oxidation sites excluding steroid dienone is 4. The molecule has 0 aliphatic carbocycles. The third kappa shape index (κ3) is 26.7. The van der Waals surface area contributed by atoms with Crippen LogP contribution in [0.5, 0.6) is 0 Å². The molecule has 3 nitrogen and oxygen atoms in total. The van der Waals surface area contributed by atoms with Crippen molar-refractivity contribution in [2.75, 3.05) is 5.75 Å². The van der Waals surface area contributed by atoms with Crippen LogP contribution in [0.2, 0.25) is 0 Å². The number of hydrogen-bond donors (Lipinski definition) is 0. The number of rotatable bonds is 17. The van der Waals surface area contributed by atoms with Crippen LogP contribution in [0.4, 0.5) is 0 Å². The van der Waals surface area contributed by atoms with Crippen molar-refractivity contribution in [1.82, 2.24) is 0 Å². The third-order valence-corrected chi connectivity index (χ3v) is 4.88. The molecule has 0 spiro atoms. The monoisotopic (exact) mass is 380 g/mol. The van der Waals surface area contributed by atoms with Gasteiger partial charge in [0.05, 0.1) is 10.1 Å². The first-order valence-corrected chi connectivity index (χ1v) is 11.4. The minimum absolute atomic E-state index is 0. The van der Waals surface area contributed by atoms with Crippen molar-refractivity contribution in [2.24, 2.45) is 0 Å². The van der Waals surface area contributed by atoms with E-state index in [1.165, 1.54) is 57.8 Å². The Morgan fingerprint density at radius 2 is 1.12 bits per heavy atom. The Hall–Kier alpha value is 0.390. The molecule has 0 atom stereocenters. The van der Waals surface area contributed by atoms with E-state index in [9.17, 15) is 13.0 Å². The first-order chi connectivity index (χ1) is 11.6. The summed E-state index contributed by atoms with van der Waals surface area (Å²) in [5.41, 5.74) is 0. The van der Waals surface area contributed by atoms with E-state index < -0.39 is 10.1 Å². The molecule has 5 heteroatoms. The molecule has 0 aromatic heterocycles. The maximum Gasteiger partial charge on any atom is 1.00 e. The quantitative estimate of drug-likeness (QED) is 0.169. The van der Waals surface area contributed by atoms with E-state index in [4.69, 9.17) is 0 Å². The van der Waals surface area contributed by atoms with Gasteiger partial charge in [-0.2, -0.15) is 0 Å². The van der Waals surface area contributed by atoms with E-state index in [1.807, 2.05) is 0 Å². The first kappa shape index (κ1) is 27.6. The molecule has 0 saturated heterocycles. The maximum absolute atomic E-state index is 10.4. The molecule has 0 amide bonds. The zero-order chi connectivity index (χ0) is 17.9. The van der Waals surface area contributed by atoms with E-state index in [-0.39, 0.29) is 35.3 Å². The van der Waals surface area contributed by atoms with E-state index in [1.54, 1.807) is 0 Å². The summed E-state index contributed by atoms with van der Waals surface area (Å²) in [4.78, 5) is 0. The zero-order valence-electron chi connectivity index (χ0n) is 16.5. The Kier molecular flexibility index (Phi) is 22.9. The molecule has 0 rings (SSSR count). The Bertz CT molecular complexity index is 417. The standard InChI is InChI=1S/C20H38O3S.Na/c1-2-3-4-5-6-7-8-9-10-11-12-13-14-15-16-17-18-19-20-24(21,22)23;/h6-7,9-10H,2-5,8,11-20H2,1H3,(H,21,22,23);/q;+1/p-1/b7-6-,10-9-;. The molecule has 0 aliphatic rings. The van der Waals surface area contributed by atoms with Gasteiger partial charge in [-0.05, 0) is 38.5 Å². The fourth-order valence-electron chi connectivity index (χ4n) is 2.62. The summed E-state index contributed by atoms with van der Waals surface area (Å²) in [6, 6.07) is 0. The summed E-state index contributed by atoms with van der Waals surface area (Å²) in [5, 5.41) is 0. The molecule has 0 aromatic rings. The average molecular weight is 381 g/mol. The van der Waals surface area contributed by atoms with Gasteiger partial charge in [0, 0.05) is 5.75 Å². The van der Waals surface area contributed by atoms with Gasteiger partial charge in [0.2, 0.25) is 0 Å². The molecule has 0 radical (unpaired) electrons. The largest absolute Gasteiger partial charge is 1.00 e. The smallest absolute Gasteiger partial charge is 0.748 e. The van der Waals surface area contributed by atoms with E-state index in [0.29, 0.717) is 6.42 Å². The van der Waals surface area contributed by atoms with Gasteiger partial charge in [-0.3, -0.25) is 0 Å². The van der Waals surface area contributed by atoms with Crippen molar-refractivity contribution in [1.29, 1.82) is 0 Å². The molecule has 0 fully saturated rings. The summed E-state index contributed by atoms with van der Waals surface area (Å²) >= 11 is 0. The summed E-state index contributed by atoms with van der Waals surface area (Å²) < 4.78 is 31.3. The van der Waals surface area contributed by atoms with Crippen LogP contribution < -0.4 is 29.6 Å². The van der Waals surface area contributed by atoms with Crippen LogP contribution in [0, 0.1) is 0 Å². The molecule has 0 aromatic carbocycles. The summed E-state index contributed by atoms with van der Waals surface area (Å²) in [7, 11) is -4.01. The predicted molar refractivity (Wildman–Crippen MR) is 103 cm³/mol.